The molecule has 1 unspecified atom stereocenters. The van der Waals surface area contributed by atoms with Crippen molar-refractivity contribution in [3.8, 4) is 6.07 Å². The molecule has 1 fully saturated rings. The number of aromatic nitrogens is 5. The number of aromatic amines is 1. The number of aryl methyl sites for hydroxylation is 1. The molecule has 0 saturated carbocycles. The molecule has 3 aromatic heterocycles. The molecule has 1 saturated heterocycles. The summed E-state index contributed by atoms with van der Waals surface area (Å²) in [5.41, 5.74) is 4.55. The van der Waals surface area contributed by atoms with Gasteiger partial charge in [0.05, 0.1) is 40.7 Å². The monoisotopic (exact) mass is 472 g/mol. The van der Waals surface area contributed by atoms with E-state index in [0.29, 0.717) is 0 Å². The van der Waals surface area contributed by atoms with Gasteiger partial charge in [-0.3, -0.25) is 19.2 Å². The lowest BCUT2D eigenvalue weighted by atomic mass is 10.00. The minimum absolute atomic E-state index is 0.0987. The zero-order valence-electron chi connectivity index (χ0n) is 20.3. The van der Waals surface area contributed by atoms with Gasteiger partial charge in [0.15, 0.2) is 0 Å². The molecule has 1 aromatic carbocycles. The Hall–Kier alpha value is -3.97. The van der Waals surface area contributed by atoms with Gasteiger partial charge in [-0.1, -0.05) is 6.07 Å². The quantitative estimate of drug-likeness (QED) is 0.484. The maximum absolute atomic E-state index is 12.7. The summed E-state index contributed by atoms with van der Waals surface area (Å²) in [7, 11) is 1.73. The van der Waals surface area contributed by atoms with Crippen molar-refractivity contribution in [2.45, 2.75) is 45.4 Å². The molecule has 1 aliphatic rings. The van der Waals surface area contributed by atoms with Crippen LogP contribution in [0.2, 0.25) is 0 Å². The Morgan fingerprint density at radius 1 is 1.20 bits per heavy atom. The molecular formula is C25H28N8O2. The molecule has 0 amide bonds. The van der Waals surface area contributed by atoms with E-state index in [9.17, 15) is 9.59 Å². The predicted molar refractivity (Wildman–Crippen MR) is 134 cm³/mol. The molecule has 35 heavy (non-hydrogen) atoms. The number of anilines is 1. The number of rotatable bonds is 4. The molecule has 10 heteroatoms. The van der Waals surface area contributed by atoms with Gasteiger partial charge < -0.3 is 14.5 Å². The first-order valence-electron chi connectivity index (χ1n) is 11.7. The fourth-order valence-corrected chi connectivity index (χ4v) is 5.15. The van der Waals surface area contributed by atoms with Gasteiger partial charge in [-0.15, -0.1) is 0 Å². The molecule has 4 heterocycles. The number of hydrogen-bond donors (Lipinski definition) is 1. The zero-order valence-corrected chi connectivity index (χ0v) is 20.3. The van der Waals surface area contributed by atoms with Crippen molar-refractivity contribution in [3.05, 3.63) is 62.9 Å². The molecule has 5 rings (SSSR count). The lowest BCUT2D eigenvalue weighted by molar-refractivity contribution is 0.119. The summed E-state index contributed by atoms with van der Waals surface area (Å²) in [4.78, 5) is 36.2. The minimum Gasteiger partial charge on any atom is -0.364 e. The Morgan fingerprint density at radius 3 is 2.77 bits per heavy atom. The van der Waals surface area contributed by atoms with Crippen LogP contribution in [-0.4, -0.2) is 54.4 Å². The normalized spacial score (nSPS) is 19.8. The van der Waals surface area contributed by atoms with E-state index in [1.54, 1.807) is 28.6 Å². The Labute approximate surface area is 202 Å². The van der Waals surface area contributed by atoms with Crippen LogP contribution in [0.25, 0.3) is 22.1 Å². The maximum Gasteiger partial charge on any atom is 0.266 e. The van der Waals surface area contributed by atoms with E-state index in [1.165, 1.54) is 6.20 Å². The highest BCUT2D eigenvalue weighted by Crippen LogP contribution is 2.32. The zero-order chi connectivity index (χ0) is 24.9. The van der Waals surface area contributed by atoms with Crippen LogP contribution in [0.1, 0.15) is 32.4 Å². The number of nitrogens with one attached hydrogen (secondary N) is 1. The molecular weight excluding hydrogens is 444 g/mol. The van der Waals surface area contributed by atoms with Crippen molar-refractivity contribution in [1.82, 2.24) is 29.2 Å². The van der Waals surface area contributed by atoms with Crippen molar-refractivity contribution in [3.63, 3.8) is 0 Å². The second-order valence-corrected chi connectivity index (χ2v) is 9.39. The van der Waals surface area contributed by atoms with Gasteiger partial charge in [0, 0.05) is 44.3 Å². The summed E-state index contributed by atoms with van der Waals surface area (Å²) in [5.74, 6) is 0. The Bertz CT molecular complexity index is 1580. The average Bonchev–Trinajstić information content (AvgIpc) is 3.26. The fourth-order valence-electron chi connectivity index (χ4n) is 5.15. The summed E-state index contributed by atoms with van der Waals surface area (Å²) >= 11 is 0. The summed E-state index contributed by atoms with van der Waals surface area (Å²) in [5, 5.41) is 13.7. The van der Waals surface area contributed by atoms with Gasteiger partial charge in [0.25, 0.3) is 11.1 Å². The summed E-state index contributed by atoms with van der Waals surface area (Å²) in [6.07, 6.45) is 3.06. The molecule has 3 atom stereocenters. The van der Waals surface area contributed by atoms with Crippen LogP contribution < -0.4 is 16.0 Å². The minimum atomic E-state index is -0.213. The van der Waals surface area contributed by atoms with Crippen molar-refractivity contribution in [1.29, 1.82) is 5.26 Å². The molecule has 0 spiro atoms. The molecule has 0 bridgehead atoms. The second-order valence-electron chi connectivity index (χ2n) is 9.39. The highest BCUT2D eigenvalue weighted by Gasteiger charge is 2.34. The lowest BCUT2D eigenvalue weighted by Crippen LogP contribution is -2.57. The predicted octanol–water partition coefficient (Wildman–Crippen LogP) is 2.16. The van der Waals surface area contributed by atoms with Gasteiger partial charge in [-0.25, -0.2) is 4.98 Å². The van der Waals surface area contributed by atoms with Crippen molar-refractivity contribution in [2.75, 3.05) is 18.0 Å². The topological polar surface area (TPSA) is 116 Å². The van der Waals surface area contributed by atoms with E-state index >= 15 is 0 Å². The van der Waals surface area contributed by atoms with Crippen LogP contribution in [0.15, 0.2) is 46.2 Å². The largest absolute Gasteiger partial charge is 0.364 e. The van der Waals surface area contributed by atoms with Crippen LogP contribution in [-0.2, 0) is 13.6 Å². The third kappa shape index (κ3) is 3.98. The van der Waals surface area contributed by atoms with Crippen LogP contribution in [0.5, 0.6) is 0 Å². The number of nitriles is 1. The van der Waals surface area contributed by atoms with E-state index in [1.807, 2.05) is 12.1 Å². The smallest absolute Gasteiger partial charge is 0.266 e. The fraction of sp³-hybridized carbons (Fsp3) is 0.400. The van der Waals surface area contributed by atoms with Crippen LogP contribution in [0, 0.1) is 11.3 Å². The van der Waals surface area contributed by atoms with Gasteiger partial charge in [0.2, 0.25) is 0 Å². The first kappa shape index (κ1) is 22.8. The molecule has 1 N–H and O–H groups in total. The van der Waals surface area contributed by atoms with Gasteiger partial charge in [-0.05, 0) is 38.5 Å². The molecule has 1 aliphatic heterocycles. The maximum atomic E-state index is 12.7. The summed E-state index contributed by atoms with van der Waals surface area (Å²) < 4.78 is 3.16. The lowest BCUT2D eigenvalue weighted by Gasteiger charge is -2.47. The number of nitrogens with zero attached hydrogens (tertiary/aromatic N) is 7. The third-order valence-corrected chi connectivity index (χ3v) is 7.09. The van der Waals surface area contributed by atoms with Crippen molar-refractivity contribution >= 4 is 27.8 Å². The number of benzene rings is 1. The standard InChI is InChI=1S/C25H28N8O2/c1-15-13-33(21-10-24(35)30(4)22-14-31(8-7-26)29-25(21)22)16(2)12-32(15)17(3)18-5-6-19-20(9-18)28-23(34)11-27-19/h5-6,9-11,14-17H,8,12-13H2,1-4H3,(H,28,34)/t15-,16+,17?/m1/s1. The molecule has 4 aromatic rings. The highest BCUT2D eigenvalue weighted by atomic mass is 16.1. The SMILES string of the molecule is CC(c1ccc2ncc(=O)[nH]c2c1)N1C[C@H](C)N(c2cc(=O)n(C)c3cn(CC#N)nc23)C[C@H]1C. The van der Waals surface area contributed by atoms with E-state index in [-0.39, 0.29) is 35.8 Å². The summed E-state index contributed by atoms with van der Waals surface area (Å²) in [6, 6.07) is 10.2. The second kappa shape index (κ2) is 8.67. The Balaban J connectivity index is 1.46. The average molecular weight is 473 g/mol. The van der Waals surface area contributed by atoms with E-state index in [2.05, 4.69) is 57.8 Å². The number of hydrogen-bond acceptors (Lipinski definition) is 7. The van der Waals surface area contributed by atoms with Gasteiger partial charge in [0.1, 0.15) is 12.1 Å². The van der Waals surface area contributed by atoms with Crippen molar-refractivity contribution in [2.24, 2.45) is 7.05 Å². The molecule has 180 valence electrons. The Morgan fingerprint density at radius 2 is 2.00 bits per heavy atom. The van der Waals surface area contributed by atoms with E-state index in [4.69, 9.17) is 5.26 Å². The molecule has 10 nitrogen and oxygen atoms in total. The van der Waals surface area contributed by atoms with Gasteiger partial charge in [-0.2, -0.15) is 10.4 Å². The van der Waals surface area contributed by atoms with Gasteiger partial charge >= 0.3 is 0 Å². The first-order chi connectivity index (χ1) is 16.8. The summed E-state index contributed by atoms with van der Waals surface area (Å²) in [6.45, 7) is 8.17. The number of piperazine rings is 1. The number of H-pyrrole nitrogens is 1. The Kier molecular flexibility index (Phi) is 5.65. The van der Waals surface area contributed by atoms with E-state index < -0.39 is 0 Å². The van der Waals surface area contributed by atoms with Crippen LogP contribution in [0.3, 0.4) is 0 Å². The number of pyridine rings is 1. The molecule has 0 radical (unpaired) electrons. The first-order valence-corrected chi connectivity index (χ1v) is 11.7. The number of fused-ring (bicyclic) bond motifs is 2. The molecule has 0 aliphatic carbocycles. The highest BCUT2D eigenvalue weighted by molar-refractivity contribution is 5.88. The van der Waals surface area contributed by atoms with E-state index in [0.717, 1.165) is 46.4 Å². The van der Waals surface area contributed by atoms with Crippen LogP contribution >= 0.6 is 0 Å². The van der Waals surface area contributed by atoms with Crippen LogP contribution in [0.4, 0.5) is 5.69 Å². The van der Waals surface area contributed by atoms with Crippen molar-refractivity contribution < 1.29 is 0 Å². The third-order valence-electron chi connectivity index (χ3n) is 7.09.